The highest BCUT2D eigenvalue weighted by Gasteiger charge is 2.14. The predicted molar refractivity (Wildman–Crippen MR) is 125 cm³/mol. The zero-order chi connectivity index (χ0) is 24.5. The number of carbonyl (C=O) groups excluding carboxylic acids is 2. The van der Waals surface area contributed by atoms with Gasteiger partial charge in [-0.3, -0.25) is 4.79 Å². The number of methoxy groups -OCH3 is 1. The Morgan fingerprint density at radius 1 is 1.00 bits per heavy atom. The molecule has 0 heterocycles. The van der Waals surface area contributed by atoms with Crippen LogP contribution in [0.15, 0.2) is 65.8 Å². The molecule has 3 aromatic rings. The number of ether oxygens (including phenoxy) is 3. The molecule has 3 N–H and O–H groups in total. The molecule has 0 aliphatic heterocycles. The largest absolute Gasteiger partial charge is 0.508 e. The smallest absolute Gasteiger partial charge is 0.343 e. The van der Waals surface area contributed by atoms with E-state index < -0.39 is 11.9 Å². The third-order valence-electron chi connectivity index (χ3n) is 4.56. The van der Waals surface area contributed by atoms with Gasteiger partial charge in [0.05, 0.1) is 31.1 Å². The lowest BCUT2D eigenvalue weighted by Crippen LogP contribution is -2.17. The Balaban J connectivity index is 1.64. The Labute approximate surface area is 196 Å². The second-order valence-corrected chi connectivity index (χ2v) is 7.07. The maximum atomic E-state index is 12.5. The zero-order valence-corrected chi connectivity index (χ0v) is 18.6. The molecule has 0 atom stereocenters. The average molecular weight is 464 g/mol. The highest BCUT2D eigenvalue weighted by molar-refractivity contribution is 5.97. The van der Waals surface area contributed by atoms with E-state index in [0.717, 1.165) is 12.5 Å². The van der Waals surface area contributed by atoms with E-state index in [4.69, 9.17) is 14.2 Å². The lowest BCUT2D eigenvalue weighted by molar-refractivity contribution is 0.0729. The van der Waals surface area contributed by atoms with Gasteiger partial charge in [-0.15, -0.1) is 0 Å². The van der Waals surface area contributed by atoms with Gasteiger partial charge in [0, 0.05) is 6.07 Å². The molecule has 0 unspecified atom stereocenters. The molecule has 9 nitrogen and oxygen atoms in total. The summed E-state index contributed by atoms with van der Waals surface area (Å²) in [5, 5.41) is 22.9. The minimum absolute atomic E-state index is 0.0419. The molecule has 176 valence electrons. The van der Waals surface area contributed by atoms with E-state index in [1.807, 2.05) is 6.92 Å². The Kier molecular flexibility index (Phi) is 8.07. The maximum absolute atomic E-state index is 12.5. The first kappa shape index (κ1) is 24.1. The van der Waals surface area contributed by atoms with Crippen LogP contribution in [0.25, 0.3) is 0 Å². The normalized spacial score (nSPS) is 10.6. The molecule has 3 aromatic carbocycles. The molecular formula is C25H24N2O7. The second kappa shape index (κ2) is 11.4. The molecule has 3 rings (SSSR count). The van der Waals surface area contributed by atoms with Crippen molar-refractivity contribution in [2.75, 3.05) is 13.7 Å². The van der Waals surface area contributed by atoms with Crippen LogP contribution in [0.5, 0.6) is 28.7 Å². The van der Waals surface area contributed by atoms with Crippen LogP contribution in [0.1, 0.15) is 39.6 Å². The fourth-order valence-corrected chi connectivity index (χ4v) is 2.85. The fraction of sp³-hybridized carbons (Fsp3) is 0.160. The van der Waals surface area contributed by atoms with Crippen molar-refractivity contribution >= 4 is 18.1 Å². The van der Waals surface area contributed by atoms with Gasteiger partial charge < -0.3 is 24.4 Å². The highest BCUT2D eigenvalue weighted by atomic mass is 16.6. The van der Waals surface area contributed by atoms with Crippen LogP contribution >= 0.6 is 0 Å². The molecular weight excluding hydrogens is 440 g/mol. The van der Waals surface area contributed by atoms with Crippen LogP contribution in [-0.2, 0) is 0 Å². The molecule has 0 radical (unpaired) electrons. The van der Waals surface area contributed by atoms with Gasteiger partial charge in [-0.25, -0.2) is 10.2 Å². The molecule has 0 aliphatic rings. The number of hydrazone groups is 1. The number of aromatic hydroxyl groups is 2. The van der Waals surface area contributed by atoms with Crippen molar-refractivity contribution in [2.45, 2.75) is 13.3 Å². The van der Waals surface area contributed by atoms with Crippen LogP contribution in [0.4, 0.5) is 0 Å². The summed E-state index contributed by atoms with van der Waals surface area (Å²) in [5.74, 6) is -0.559. The van der Waals surface area contributed by atoms with Crippen molar-refractivity contribution in [1.82, 2.24) is 5.43 Å². The van der Waals surface area contributed by atoms with Gasteiger partial charge in [0.1, 0.15) is 17.2 Å². The van der Waals surface area contributed by atoms with Gasteiger partial charge >= 0.3 is 5.97 Å². The number of nitrogens with zero attached hydrogens (tertiary/aromatic N) is 1. The van der Waals surface area contributed by atoms with Crippen molar-refractivity contribution in [1.29, 1.82) is 0 Å². The quantitative estimate of drug-likeness (QED) is 0.190. The third-order valence-corrected chi connectivity index (χ3v) is 4.56. The van der Waals surface area contributed by atoms with Crippen molar-refractivity contribution in [3.63, 3.8) is 0 Å². The summed E-state index contributed by atoms with van der Waals surface area (Å²) in [5.41, 5.74) is 3.16. The lowest BCUT2D eigenvalue weighted by Gasteiger charge is -2.10. The molecule has 0 fully saturated rings. The molecule has 0 aliphatic carbocycles. The van der Waals surface area contributed by atoms with E-state index in [9.17, 15) is 19.8 Å². The van der Waals surface area contributed by atoms with E-state index >= 15 is 0 Å². The van der Waals surface area contributed by atoms with Crippen molar-refractivity contribution < 1.29 is 34.0 Å². The van der Waals surface area contributed by atoms with E-state index in [2.05, 4.69) is 10.5 Å². The number of nitrogens with one attached hydrogen (secondary N) is 1. The topological polar surface area (TPSA) is 127 Å². The van der Waals surface area contributed by atoms with Crippen LogP contribution in [0.3, 0.4) is 0 Å². The lowest BCUT2D eigenvalue weighted by atomic mass is 10.2. The van der Waals surface area contributed by atoms with E-state index in [1.165, 1.54) is 25.5 Å². The Morgan fingerprint density at radius 2 is 1.76 bits per heavy atom. The first-order valence-corrected chi connectivity index (χ1v) is 10.4. The number of carbonyl (C=O) groups is 2. The SMILES string of the molecule is CCCOc1ccc(C(=O)Oc2ccc(C=NNC(=O)c3ccc(O)cc3O)cc2OC)cc1. The number of phenols is 2. The summed E-state index contributed by atoms with van der Waals surface area (Å²) in [6, 6.07) is 15.0. The van der Waals surface area contributed by atoms with Gasteiger partial charge in [-0.1, -0.05) is 6.92 Å². The zero-order valence-electron chi connectivity index (χ0n) is 18.6. The summed E-state index contributed by atoms with van der Waals surface area (Å²) in [4.78, 5) is 24.6. The summed E-state index contributed by atoms with van der Waals surface area (Å²) in [6.07, 6.45) is 2.25. The monoisotopic (exact) mass is 464 g/mol. The maximum Gasteiger partial charge on any atom is 0.343 e. The summed E-state index contributed by atoms with van der Waals surface area (Å²) >= 11 is 0. The van der Waals surface area contributed by atoms with Crippen molar-refractivity contribution in [3.05, 3.63) is 77.4 Å². The first-order valence-electron chi connectivity index (χ1n) is 10.4. The summed E-state index contributed by atoms with van der Waals surface area (Å²) in [7, 11) is 1.43. The molecule has 34 heavy (non-hydrogen) atoms. The fourth-order valence-electron chi connectivity index (χ4n) is 2.85. The average Bonchev–Trinajstić information content (AvgIpc) is 2.83. The van der Waals surface area contributed by atoms with Gasteiger partial charge in [0.25, 0.3) is 5.91 Å². The van der Waals surface area contributed by atoms with Crippen molar-refractivity contribution in [3.8, 4) is 28.7 Å². The number of phenolic OH excluding ortho intramolecular Hbond substituents is 2. The molecule has 9 heteroatoms. The highest BCUT2D eigenvalue weighted by Crippen LogP contribution is 2.29. The van der Waals surface area contributed by atoms with Gasteiger partial charge in [0.15, 0.2) is 11.5 Å². The summed E-state index contributed by atoms with van der Waals surface area (Å²) < 4.78 is 16.3. The number of hydrogen-bond donors (Lipinski definition) is 3. The number of benzene rings is 3. The van der Waals surface area contributed by atoms with Crippen LogP contribution in [0, 0.1) is 0 Å². The third kappa shape index (κ3) is 6.26. The molecule has 1 amide bonds. The van der Waals surface area contributed by atoms with E-state index in [0.29, 0.717) is 29.2 Å². The predicted octanol–water partition coefficient (Wildman–Crippen LogP) is 3.88. The molecule has 0 aromatic heterocycles. The number of hydrogen-bond acceptors (Lipinski definition) is 8. The van der Waals surface area contributed by atoms with Gasteiger partial charge in [-0.05, 0) is 66.6 Å². The van der Waals surface area contributed by atoms with Crippen LogP contribution in [-0.4, -0.2) is 42.0 Å². The van der Waals surface area contributed by atoms with Gasteiger partial charge in [0.2, 0.25) is 0 Å². The number of rotatable bonds is 9. The van der Waals surface area contributed by atoms with Crippen molar-refractivity contribution in [2.24, 2.45) is 5.10 Å². The molecule has 0 saturated carbocycles. The van der Waals surface area contributed by atoms with Crippen LogP contribution < -0.4 is 19.6 Å². The Hall–Kier alpha value is -4.53. The standard InChI is InChI=1S/C25H24N2O7/c1-3-12-33-19-8-5-17(6-9-19)25(31)34-22-11-4-16(13-23(22)32-2)15-26-27-24(30)20-10-7-18(28)14-21(20)29/h4-11,13-15,28-29H,3,12H2,1-2H3,(H,27,30). The van der Waals surface area contributed by atoms with E-state index in [-0.39, 0.29) is 22.8 Å². The molecule has 0 spiro atoms. The Morgan fingerprint density at radius 3 is 2.44 bits per heavy atom. The van der Waals surface area contributed by atoms with E-state index in [1.54, 1.807) is 42.5 Å². The molecule has 0 saturated heterocycles. The van der Waals surface area contributed by atoms with Gasteiger partial charge in [-0.2, -0.15) is 5.10 Å². The van der Waals surface area contributed by atoms with Crippen LogP contribution in [0.2, 0.25) is 0 Å². The minimum atomic E-state index is -0.655. The number of amides is 1. The second-order valence-electron chi connectivity index (χ2n) is 7.07. The minimum Gasteiger partial charge on any atom is -0.508 e. The Bertz CT molecular complexity index is 1190. The number of esters is 1. The first-order chi connectivity index (χ1) is 16.4. The molecule has 0 bridgehead atoms. The summed E-state index contributed by atoms with van der Waals surface area (Å²) in [6.45, 7) is 2.61.